The highest BCUT2D eigenvalue weighted by Crippen LogP contribution is 2.22. The number of halogens is 2. The van der Waals surface area contributed by atoms with Gasteiger partial charge in [-0.3, -0.25) is 9.59 Å². The van der Waals surface area contributed by atoms with Crippen molar-refractivity contribution in [2.24, 2.45) is 0 Å². The predicted octanol–water partition coefficient (Wildman–Crippen LogP) is 3.12. The van der Waals surface area contributed by atoms with Crippen LogP contribution >= 0.6 is 35.0 Å². The molecule has 1 aromatic rings. The highest BCUT2D eigenvalue weighted by molar-refractivity contribution is 7.98. The zero-order valence-electron chi connectivity index (χ0n) is 12.2. The van der Waals surface area contributed by atoms with E-state index in [1.807, 2.05) is 6.26 Å². The molecule has 0 aromatic heterocycles. The molecule has 22 heavy (non-hydrogen) atoms. The van der Waals surface area contributed by atoms with Gasteiger partial charge in [0, 0.05) is 11.1 Å². The molecule has 2 amide bonds. The minimum absolute atomic E-state index is 0.130. The Hall–Kier alpha value is -0.910. The van der Waals surface area contributed by atoms with Gasteiger partial charge in [0.1, 0.15) is 6.04 Å². The van der Waals surface area contributed by atoms with Crippen molar-refractivity contribution in [2.45, 2.75) is 31.3 Å². The van der Waals surface area contributed by atoms with E-state index in [1.165, 1.54) is 6.07 Å². The van der Waals surface area contributed by atoms with Gasteiger partial charge in [-0.15, -0.1) is 0 Å². The number of amides is 2. The summed E-state index contributed by atoms with van der Waals surface area (Å²) in [5, 5.41) is 6.43. The van der Waals surface area contributed by atoms with Crippen molar-refractivity contribution < 1.29 is 9.59 Å². The Morgan fingerprint density at radius 3 is 2.68 bits per heavy atom. The van der Waals surface area contributed by atoms with Crippen molar-refractivity contribution in [3.8, 4) is 0 Å². The number of hydrogen-bond donors (Lipinski definition) is 2. The maximum atomic E-state index is 12.3. The molecule has 1 atom stereocenters. The molecule has 7 heteroatoms. The van der Waals surface area contributed by atoms with Crippen LogP contribution in [0.4, 0.5) is 0 Å². The lowest BCUT2D eigenvalue weighted by molar-refractivity contribution is -0.123. The maximum absolute atomic E-state index is 12.3. The lowest BCUT2D eigenvalue weighted by Crippen LogP contribution is -2.47. The highest BCUT2D eigenvalue weighted by atomic mass is 35.5. The van der Waals surface area contributed by atoms with Gasteiger partial charge in [0.05, 0.1) is 10.6 Å². The third kappa shape index (κ3) is 5.07. The standard InChI is InChI=1S/C15H18Cl2N2O2S/c1-22-7-6-13(15(21)18-10-3-4-10)19-14(20)11-5-2-9(16)8-12(11)17/h2,5,8,10,13H,3-4,6-7H2,1H3,(H,18,21)(H,19,20). The van der Waals surface area contributed by atoms with E-state index in [-0.39, 0.29) is 22.9 Å². The van der Waals surface area contributed by atoms with Crippen molar-refractivity contribution >= 4 is 46.8 Å². The van der Waals surface area contributed by atoms with E-state index in [0.29, 0.717) is 17.0 Å². The van der Waals surface area contributed by atoms with E-state index >= 15 is 0 Å². The van der Waals surface area contributed by atoms with Gasteiger partial charge in [-0.05, 0) is 49.5 Å². The molecule has 0 bridgehead atoms. The minimum atomic E-state index is -0.549. The van der Waals surface area contributed by atoms with Gasteiger partial charge in [-0.1, -0.05) is 23.2 Å². The normalized spacial score (nSPS) is 15.2. The Kier molecular flexibility index (Phi) is 6.41. The van der Waals surface area contributed by atoms with Gasteiger partial charge >= 0.3 is 0 Å². The molecule has 0 radical (unpaired) electrons. The third-order valence-corrected chi connectivity index (χ3v) is 4.52. The molecule has 0 saturated heterocycles. The van der Waals surface area contributed by atoms with E-state index in [9.17, 15) is 9.59 Å². The summed E-state index contributed by atoms with van der Waals surface area (Å²) in [5.74, 6) is 0.297. The predicted molar refractivity (Wildman–Crippen MR) is 91.9 cm³/mol. The highest BCUT2D eigenvalue weighted by Gasteiger charge is 2.28. The number of benzene rings is 1. The zero-order chi connectivity index (χ0) is 16.1. The Balaban J connectivity index is 2.03. The molecular weight excluding hydrogens is 343 g/mol. The Labute approximate surface area is 144 Å². The van der Waals surface area contributed by atoms with Crippen LogP contribution in [0.25, 0.3) is 0 Å². The fraction of sp³-hybridized carbons (Fsp3) is 0.467. The Bertz CT molecular complexity index is 564. The van der Waals surface area contributed by atoms with Crippen molar-refractivity contribution in [3.05, 3.63) is 33.8 Å². The topological polar surface area (TPSA) is 58.2 Å². The molecule has 1 fully saturated rings. The second-order valence-electron chi connectivity index (χ2n) is 5.21. The summed E-state index contributed by atoms with van der Waals surface area (Å²) in [6.45, 7) is 0. The average Bonchev–Trinajstić information content (AvgIpc) is 3.26. The minimum Gasteiger partial charge on any atom is -0.352 e. The molecule has 120 valence electrons. The third-order valence-electron chi connectivity index (χ3n) is 3.33. The van der Waals surface area contributed by atoms with E-state index in [2.05, 4.69) is 10.6 Å². The fourth-order valence-electron chi connectivity index (χ4n) is 1.94. The summed E-state index contributed by atoms with van der Waals surface area (Å²) >= 11 is 13.5. The summed E-state index contributed by atoms with van der Waals surface area (Å²) in [4.78, 5) is 24.5. The summed E-state index contributed by atoms with van der Waals surface area (Å²) in [7, 11) is 0. The van der Waals surface area contributed by atoms with Crippen molar-refractivity contribution in [2.75, 3.05) is 12.0 Å². The van der Waals surface area contributed by atoms with Crippen LogP contribution in [0.1, 0.15) is 29.6 Å². The molecule has 4 nitrogen and oxygen atoms in total. The monoisotopic (exact) mass is 360 g/mol. The lowest BCUT2D eigenvalue weighted by Gasteiger charge is -2.18. The fourth-order valence-corrected chi connectivity index (χ4v) is 2.91. The first kappa shape index (κ1) is 17.4. The zero-order valence-corrected chi connectivity index (χ0v) is 14.5. The van der Waals surface area contributed by atoms with Gasteiger partial charge in [0.2, 0.25) is 5.91 Å². The first-order chi connectivity index (χ1) is 10.5. The Morgan fingerprint density at radius 2 is 2.09 bits per heavy atom. The van der Waals surface area contributed by atoms with Crippen molar-refractivity contribution in [1.29, 1.82) is 0 Å². The van der Waals surface area contributed by atoms with Crippen LogP contribution in [-0.4, -0.2) is 35.9 Å². The van der Waals surface area contributed by atoms with E-state index in [1.54, 1.807) is 23.9 Å². The second-order valence-corrected chi connectivity index (χ2v) is 7.04. The number of thioether (sulfide) groups is 1. The van der Waals surface area contributed by atoms with Gasteiger partial charge in [-0.2, -0.15) is 11.8 Å². The van der Waals surface area contributed by atoms with Crippen LogP contribution < -0.4 is 10.6 Å². The van der Waals surface area contributed by atoms with Gasteiger partial charge in [-0.25, -0.2) is 0 Å². The van der Waals surface area contributed by atoms with Crippen LogP contribution in [-0.2, 0) is 4.79 Å². The number of carbonyl (C=O) groups is 2. The van der Waals surface area contributed by atoms with E-state index in [4.69, 9.17) is 23.2 Å². The number of nitrogens with one attached hydrogen (secondary N) is 2. The molecule has 1 saturated carbocycles. The lowest BCUT2D eigenvalue weighted by atomic mass is 10.1. The number of rotatable bonds is 7. The summed E-state index contributed by atoms with van der Waals surface area (Å²) < 4.78 is 0. The van der Waals surface area contributed by atoms with Gasteiger partial charge < -0.3 is 10.6 Å². The van der Waals surface area contributed by atoms with Crippen LogP contribution in [0.5, 0.6) is 0 Å². The molecule has 2 N–H and O–H groups in total. The van der Waals surface area contributed by atoms with Crippen LogP contribution in [0.15, 0.2) is 18.2 Å². The van der Waals surface area contributed by atoms with Crippen LogP contribution in [0, 0.1) is 0 Å². The SMILES string of the molecule is CSCCC(NC(=O)c1ccc(Cl)cc1Cl)C(=O)NC1CC1. The number of carbonyl (C=O) groups excluding carboxylic acids is 2. The molecule has 1 unspecified atom stereocenters. The molecular formula is C15H18Cl2N2O2S. The first-order valence-corrected chi connectivity index (χ1v) is 9.21. The molecule has 0 spiro atoms. The van der Waals surface area contributed by atoms with Gasteiger partial charge in [0.25, 0.3) is 5.91 Å². The maximum Gasteiger partial charge on any atom is 0.253 e. The first-order valence-electron chi connectivity index (χ1n) is 7.06. The van der Waals surface area contributed by atoms with E-state index in [0.717, 1.165) is 18.6 Å². The van der Waals surface area contributed by atoms with Gasteiger partial charge in [0.15, 0.2) is 0 Å². The molecule has 1 aromatic carbocycles. The van der Waals surface area contributed by atoms with Crippen molar-refractivity contribution in [3.63, 3.8) is 0 Å². The molecule has 0 heterocycles. The summed E-state index contributed by atoms with van der Waals surface area (Å²) in [5.41, 5.74) is 0.319. The second kappa shape index (κ2) is 8.09. The molecule has 1 aliphatic rings. The van der Waals surface area contributed by atoms with Crippen LogP contribution in [0.2, 0.25) is 10.0 Å². The number of hydrogen-bond acceptors (Lipinski definition) is 3. The quantitative estimate of drug-likeness (QED) is 0.785. The average molecular weight is 361 g/mol. The smallest absolute Gasteiger partial charge is 0.253 e. The molecule has 2 rings (SSSR count). The molecule has 1 aliphatic carbocycles. The molecule has 0 aliphatic heterocycles. The van der Waals surface area contributed by atoms with Crippen molar-refractivity contribution in [1.82, 2.24) is 10.6 Å². The Morgan fingerprint density at radius 1 is 1.36 bits per heavy atom. The van der Waals surface area contributed by atoms with Crippen LogP contribution in [0.3, 0.4) is 0 Å². The van der Waals surface area contributed by atoms with E-state index < -0.39 is 6.04 Å². The largest absolute Gasteiger partial charge is 0.352 e. The summed E-state index contributed by atoms with van der Waals surface area (Å²) in [6, 6.07) is 4.39. The summed E-state index contributed by atoms with van der Waals surface area (Å²) in [6.07, 6.45) is 4.57.